The number of hydrogen-bond acceptors (Lipinski definition) is 5. The van der Waals surface area contributed by atoms with Gasteiger partial charge in [0.1, 0.15) is 10.6 Å². The zero-order valence-corrected chi connectivity index (χ0v) is 18.6. The van der Waals surface area contributed by atoms with E-state index in [1.165, 1.54) is 28.3 Å². The lowest BCUT2D eigenvalue weighted by atomic mass is 10.1. The Balaban J connectivity index is 1.45. The molecule has 0 aliphatic carbocycles. The van der Waals surface area contributed by atoms with Gasteiger partial charge in [0, 0.05) is 36.0 Å². The van der Waals surface area contributed by atoms with E-state index in [4.69, 9.17) is 0 Å². The largest absolute Gasteiger partial charge is 0.434 e. The number of amides is 1. The number of carbonyl (C=O) groups excluding carboxylic acids is 1. The van der Waals surface area contributed by atoms with Gasteiger partial charge in [0.25, 0.3) is 5.56 Å². The van der Waals surface area contributed by atoms with Gasteiger partial charge in [-0.1, -0.05) is 48.0 Å². The first kappa shape index (κ1) is 22.6. The number of fused-ring (bicyclic) bond motifs is 1. The second kappa shape index (κ2) is 9.91. The molecule has 0 atom stereocenters. The summed E-state index contributed by atoms with van der Waals surface area (Å²) in [5.41, 5.74) is 3.11. The molecule has 170 valence electrons. The van der Waals surface area contributed by atoms with Gasteiger partial charge in [-0.2, -0.15) is 8.78 Å². The topological polar surface area (TPSA) is 73.2 Å². The zero-order valence-electron chi connectivity index (χ0n) is 17.8. The van der Waals surface area contributed by atoms with Crippen molar-refractivity contribution >= 4 is 27.5 Å². The number of nitrogens with zero attached hydrogens (tertiary/aromatic N) is 2. The molecule has 6 nitrogen and oxygen atoms in total. The van der Waals surface area contributed by atoms with Gasteiger partial charge in [-0.15, -0.1) is 11.3 Å². The molecule has 0 saturated carbocycles. The smallest absolute Gasteiger partial charge is 0.387 e. The van der Waals surface area contributed by atoms with Gasteiger partial charge in [0.15, 0.2) is 0 Å². The Morgan fingerprint density at radius 1 is 1.18 bits per heavy atom. The highest BCUT2D eigenvalue weighted by Crippen LogP contribution is 2.30. The number of ether oxygens (including phenoxy) is 1. The number of aromatic nitrogens is 2. The summed E-state index contributed by atoms with van der Waals surface area (Å²) in [7, 11) is 0. The summed E-state index contributed by atoms with van der Waals surface area (Å²) in [6.45, 7) is -0.764. The first-order chi connectivity index (χ1) is 15.9. The molecule has 1 amide bonds. The van der Waals surface area contributed by atoms with Gasteiger partial charge in [-0.25, -0.2) is 4.98 Å². The maximum Gasteiger partial charge on any atom is 0.387 e. The van der Waals surface area contributed by atoms with Crippen molar-refractivity contribution in [2.45, 2.75) is 33.0 Å². The second-order valence-electron chi connectivity index (χ2n) is 7.45. The van der Waals surface area contributed by atoms with Gasteiger partial charge in [-0.3, -0.25) is 14.2 Å². The summed E-state index contributed by atoms with van der Waals surface area (Å²) >= 11 is 1.40. The van der Waals surface area contributed by atoms with E-state index in [2.05, 4.69) is 15.0 Å². The number of hydrogen-bond donors (Lipinski definition) is 1. The van der Waals surface area contributed by atoms with E-state index in [0.717, 1.165) is 16.7 Å². The third-order valence-corrected chi connectivity index (χ3v) is 6.05. The summed E-state index contributed by atoms with van der Waals surface area (Å²) in [5.74, 6) is -0.308. The molecule has 0 saturated heterocycles. The fourth-order valence-electron chi connectivity index (χ4n) is 3.44. The van der Waals surface area contributed by atoms with Crippen LogP contribution in [0.1, 0.15) is 17.5 Å². The lowest BCUT2D eigenvalue weighted by Crippen LogP contribution is -2.27. The van der Waals surface area contributed by atoms with Crippen molar-refractivity contribution in [3.05, 3.63) is 81.7 Å². The Labute approximate surface area is 192 Å². The van der Waals surface area contributed by atoms with Gasteiger partial charge in [-0.05, 0) is 18.6 Å². The molecule has 0 bridgehead atoms. The highest BCUT2D eigenvalue weighted by molar-refractivity contribution is 7.17. The first-order valence-electron chi connectivity index (χ1n) is 10.3. The van der Waals surface area contributed by atoms with E-state index in [1.807, 2.05) is 36.6 Å². The molecule has 0 fully saturated rings. The normalized spacial score (nSPS) is 11.2. The van der Waals surface area contributed by atoms with E-state index in [9.17, 15) is 18.4 Å². The van der Waals surface area contributed by atoms with Crippen LogP contribution in [-0.4, -0.2) is 22.1 Å². The maximum absolute atomic E-state index is 13.1. The molecule has 0 radical (unpaired) electrons. The monoisotopic (exact) mass is 469 g/mol. The number of aryl methyl sites for hydroxylation is 2. The van der Waals surface area contributed by atoms with Crippen LogP contribution >= 0.6 is 11.3 Å². The third-order valence-electron chi connectivity index (χ3n) is 5.17. The number of rotatable bonds is 8. The predicted molar refractivity (Wildman–Crippen MR) is 124 cm³/mol. The van der Waals surface area contributed by atoms with E-state index in [-0.39, 0.29) is 36.7 Å². The van der Waals surface area contributed by atoms with Crippen LogP contribution in [0.25, 0.3) is 21.3 Å². The second-order valence-corrected chi connectivity index (χ2v) is 8.31. The average molecular weight is 470 g/mol. The molecule has 9 heteroatoms. The number of alkyl halides is 2. The molecule has 33 heavy (non-hydrogen) atoms. The van der Waals surface area contributed by atoms with Crippen LogP contribution in [0.15, 0.2) is 65.0 Å². The molecule has 0 aliphatic heterocycles. The summed E-state index contributed by atoms with van der Waals surface area (Å²) in [6.07, 6.45) is 1.48. The lowest BCUT2D eigenvalue weighted by molar-refractivity contribution is -0.121. The number of para-hydroxylation sites is 1. The fraction of sp³-hybridized carbons (Fsp3) is 0.208. The number of benzene rings is 2. The standard InChI is InChI=1S/C24H21F2N3O3S/c1-15-6-8-16(9-7-15)18-13-33-22-21(18)23(31)29(14-28-22)11-10-20(30)27-12-17-4-2-3-5-19(17)32-24(25)26/h2-9,13-14,24H,10-12H2,1H3,(H,27,30). The number of thiophene rings is 1. The van der Waals surface area contributed by atoms with Crippen molar-refractivity contribution < 1.29 is 18.3 Å². The van der Waals surface area contributed by atoms with Gasteiger partial charge in [0.2, 0.25) is 5.91 Å². The van der Waals surface area contributed by atoms with E-state index in [0.29, 0.717) is 15.8 Å². The van der Waals surface area contributed by atoms with Crippen molar-refractivity contribution in [2.24, 2.45) is 0 Å². The van der Waals surface area contributed by atoms with Crippen molar-refractivity contribution in [1.29, 1.82) is 0 Å². The molecule has 2 heterocycles. The molecule has 0 aliphatic rings. The molecular formula is C24H21F2N3O3S. The Morgan fingerprint density at radius 2 is 1.94 bits per heavy atom. The maximum atomic E-state index is 13.1. The van der Waals surface area contributed by atoms with E-state index < -0.39 is 6.61 Å². The highest BCUT2D eigenvalue weighted by atomic mass is 32.1. The lowest BCUT2D eigenvalue weighted by Gasteiger charge is -2.11. The highest BCUT2D eigenvalue weighted by Gasteiger charge is 2.14. The molecule has 4 rings (SSSR count). The van der Waals surface area contributed by atoms with Crippen LogP contribution in [0.5, 0.6) is 5.75 Å². The fourth-order valence-corrected chi connectivity index (χ4v) is 4.34. The molecule has 2 aromatic heterocycles. The van der Waals surface area contributed by atoms with Crippen LogP contribution in [0.4, 0.5) is 8.78 Å². The van der Waals surface area contributed by atoms with Crippen LogP contribution in [-0.2, 0) is 17.9 Å². The minimum Gasteiger partial charge on any atom is -0.434 e. The Hall–Kier alpha value is -3.59. The van der Waals surface area contributed by atoms with Crippen molar-refractivity contribution in [1.82, 2.24) is 14.9 Å². The minimum absolute atomic E-state index is 0.0137. The summed E-state index contributed by atoms with van der Waals surface area (Å²) in [4.78, 5) is 30.5. The zero-order chi connectivity index (χ0) is 23.4. The SMILES string of the molecule is Cc1ccc(-c2csc3ncn(CCC(=O)NCc4ccccc4OC(F)F)c(=O)c23)cc1. The van der Waals surface area contributed by atoms with Crippen LogP contribution in [0, 0.1) is 6.92 Å². The van der Waals surface area contributed by atoms with Gasteiger partial charge < -0.3 is 10.1 Å². The molecule has 1 N–H and O–H groups in total. The van der Waals surface area contributed by atoms with Crippen LogP contribution < -0.4 is 15.6 Å². The third kappa shape index (κ3) is 5.25. The molecule has 0 unspecified atom stereocenters. The molecular weight excluding hydrogens is 448 g/mol. The first-order valence-corrected chi connectivity index (χ1v) is 11.1. The van der Waals surface area contributed by atoms with Crippen LogP contribution in [0.3, 0.4) is 0 Å². The number of halogens is 2. The Kier molecular flexibility index (Phi) is 6.79. The van der Waals surface area contributed by atoms with Gasteiger partial charge >= 0.3 is 6.61 Å². The Bertz CT molecular complexity index is 1330. The molecule has 2 aromatic carbocycles. The number of carbonyl (C=O) groups is 1. The minimum atomic E-state index is -2.95. The quantitative estimate of drug-likeness (QED) is 0.405. The van der Waals surface area contributed by atoms with Gasteiger partial charge in [0.05, 0.1) is 11.7 Å². The summed E-state index contributed by atoms with van der Waals surface area (Å²) < 4.78 is 31.0. The summed E-state index contributed by atoms with van der Waals surface area (Å²) in [5, 5.41) is 5.13. The number of nitrogens with one attached hydrogen (secondary N) is 1. The van der Waals surface area contributed by atoms with Crippen molar-refractivity contribution in [3.63, 3.8) is 0 Å². The van der Waals surface area contributed by atoms with E-state index in [1.54, 1.807) is 18.2 Å². The average Bonchev–Trinajstić information content (AvgIpc) is 3.23. The van der Waals surface area contributed by atoms with Crippen molar-refractivity contribution in [3.8, 4) is 16.9 Å². The van der Waals surface area contributed by atoms with Crippen LogP contribution in [0.2, 0.25) is 0 Å². The molecule has 0 spiro atoms. The predicted octanol–water partition coefficient (Wildman–Crippen LogP) is 4.74. The summed E-state index contributed by atoms with van der Waals surface area (Å²) in [6, 6.07) is 14.2. The van der Waals surface area contributed by atoms with Crippen molar-refractivity contribution in [2.75, 3.05) is 0 Å². The van der Waals surface area contributed by atoms with E-state index >= 15 is 0 Å². The Morgan fingerprint density at radius 3 is 2.70 bits per heavy atom. The molecule has 4 aromatic rings.